The quantitative estimate of drug-likeness (QED) is 0.322. The molecule has 1 aliphatic heterocycles. The molecule has 0 bridgehead atoms. The Morgan fingerprint density at radius 3 is 2.35 bits per heavy atom. The Hall–Kier alpha value is -2.81. The van der Waals surface area contributed by atoms with Gasteiger partial charge in [-0.15, -0.1) is 11.8 Å². The zero-order chi connectivity index (χ0) is 19.1. The molecule has 0 aromatic heterocycles. The van der Waals surface area contributed by atoms with Gasteiger partial charge in [-0.1, -0.05) is 12.5 Å². The van der Waals surface area contributed by atoms with Gasteiger partial charge in [-0.05, 0) is 30.7 Å². The summed E-state index contributed by atoms with van der Waals surface area (Å²) in [5.41, 5.74) is 2.75. The molecule has 0 atom stereocenters. The van der Waals surface area contributed by atoms with E-state index in [1.807, 2.05) is 0 Å². The van der Waals surface area contributed by atoms with Gasteiger partial charge in [-0.25, -0.2) is 4.79 Å². The number of hydrazine groups is 1. The van der Waals surface area contributed by atoms with Gasteiger partial charge in [0.2, 0.25) is 0 Å². The summed E-state index contributed by atoms with van der Waals surface area (Å²) in [5.74, 6) is -2.49. The van der Waals surface area contributed by atoms with Gasteiger partial charge >= 0.3 is 11.9 Å². The highest BCUT2D eigenvalue weighted by atomic mass is 32.2. The van der Waals surface area contributed by atoms with Crippen molar-refractivity contribution in [3.05, 3.63) is 35.9 Å². The van der Waals surface area contributed by atoms with Crippen molar-refractivity contribution < 1.29 is 29.4 Å². The van der Waals surface area contributed by atoms with Gasteiger partial charge < -0.3 is 10.2 Å². The molecule has 0 unspecified atom stereocenters. The third-order valence-electron chi connectivity index (χ3n) is 3.58. The number of rotatable bonds is 10. The average molecular weight is 378 g/mol. The van der Waals surface area contributed by atoms with Crippen LogP contribution >= 0.6 is 11.8 Å². The number of anilines is 1. The van der Waals surface area contributed by atoms with Gasteiger partial charge in [0.15, 0.2) is 0 Å². The molecule has 0 aliphatic carbocycles. The van der Waals surface area contributed by atoms with Gasteiger partial charge in [0.25, 0.3) is 11.8 Å². The molecular formula is C17H18N2O6S. The molecule has 1 aliphatic rings. The molecule has 3 N–H and O–H groups in total. The predicted molar refractivity (Wildman–Crippen MR) is 94.8 cm³/mol. The molecule has 2 amide bonds. The monoisotopic (exact) mass is 378 g/mol. The Kier molecular flexibility index (Phi) is 6.79. The molecule has 9 heteroatoms. The second-order valence-corrected chi connectivity index (χ2v) is 6.63. The number of amides is 2. The molecule has 8 nitrogen and oxygen atoms in total. The minimum absolute atomic E-state index is 0.0478. The first kappa shape index (κ1) is 19.5. The SMILES string of the molecule is O=C(O)CCCCCSc1cccc(C(=O)O)c1NN1C(=O)C=CC1=O. The molecule has 138 valence electrons. The summed E-state index contributed by atoms with van der Waals surface area (Å²) in [6, 6.07) is 4.68. The van der Waals surface area contributed by atoms with Gasteiger partial charge in [0.1, 0.15) is 0 Å². The lowest BCUT2D eigenvalue weighted by molar-refractivity contribution is -0.137. The summed E-state index contributed by atoms with van der Waals surface area (Å²) in [4.78, 5) is 46.0. The zero-order valence-electron chi connectivity index (χ0n) is 13.8. The predicted octanol–water partition coefficient (Wildman–Crippen LogP) is 2.37. The van der Waals surface area contributed by atoms with E-state index in [0.717, 1.165) is 30.0 Å². The van der Waals surface area contributed by atoms with Crippen LogP contribution in [-0.2, 0) is 14.4 Å². The third-order valence-corrected chi connectivity index (χ3v) is 4.73. The van der Waals surface area contributed by atoms with Crippen LogP contribution in [0.25, 0.3) is 0 Å². The summed E-state index contributed by atoms with van der Waals surface area (Å²) in [6.45, 7) is 0. The number of hydrogen-bond acceptors (Lipinski definition) is 6. The number of aliphatic carboxylic acids is 1. The van der Waals surface area contributed by atoms with Crippen molar-refractivity contribution in [1.29, 1.82) is 0 Å². The summed E-state index contributed by atoms with van der Waals surface area (Å²) in [7, 11) is 0. The summed E-state index contributed by atoms with van der Waals surface area (Å²) in [6.07, 6.45) is 4.42. The molecule has 1 heterocycles. The minimum Gasteiger partial charge on any atom is -0.481 e. The Morgan fingerprint density at radius 2 is 1.73 bits per heavy atom. The van der Waals surface area contributed by atoms with Crippen molar-refractivity contribution in [3.63, 3.8) is 0 Å². The van der Waals surface area contributed by atoms with Gasteiger partial charge in [0.05, 0.1) is 11.3 Å². The van der Waals surface area contributed by atoms with Crippen LogP contribution in [0, 0.1) is 0 Å². The van der Waals surface area contributed by atoms with Crippen LogP contribution in [0.2, 0.25) is 0 Å². The molecule has 1 aromatic carbocycles. The lowest BCUT2D eigenvalue weighted by atomic mass is 10.2. The number of para-hydroxylation sites is 1. The Morgan fingerprint density at radius 1 is 1.04 bits per heavy atom. The molecule has 26 heavy (non-hydrogen) atoms. The second-order valence-electron chi connectivity index (χ2n) is 5.49. The fraction of sp³-hybridized carbons (Fsp3) is 0.294. The standard InChI is InChI=1S/C17H18N2O6S/c20-13-8-9-14(21)19(13)18-16-11(17(24)25)5-4-6-12(16)26-10-3-1-2-7-15(22)23/h4-6,8-9,18H,1-3,7,10H2,(H,22,23)(H,24,25). The van der Waals surface area contributed by atoms with E-state index in [1.54, 1.807) is 12.1 Å². The lowest BCUT2D eigenvalue weighted by Crippen LogP contribution is -2.36. The van der Waals surface area contributed by atoms with Crippen molar-refractivity contribution in [2.75, 3.05) is 11.2 Å². The molecule has 0 saturated carbocycles. The number of nitrogens with one attached hydrogen (secondary N) is 1. The number of benzene rings is 1. The maximum absolute atomic E-state index is 11.7. The maximum Gasteiger partial charge on any atom is 0.337 e. The number of hydrogen-bond donors (Lipinski definition) is 3. The number of imide groups is 1. The van der Waals surface area contributed by atoms with Crippen LogP contribution in [-0.4, -0.2) is 44.7 Å². The van der Waals surface area contributed by atoms with E-state index in [0.29, 0.717) is 17.1 Å². The van der Waals surface area contributed by atoms with Gasteiger partial charge in [-0.3, -0.25) is 19.8 Å². The number of aromatic carboxylic acids is 1. The lowest BCUT2D eigenvalue weighted by Gasteiger charge is -2.20. The van der Waals surface area contributed by atoms with E-state index in [4.69, 9.17) is 5.11 Å². The van der Waals surface area contributed by atoms with E-state index in [2.05, 4.69) is 5.43 Å². The highest BCUT2D eigenvalue weighted by Crippen LogP contribution is 2.32. The Bertz CT molecular complexity index is 744. The molecule has 0 saturated heterocycles. The van der Waals surface area contributed by atoms with E-state index in [9.17, 15) is 24.3 Å². The zero-order valence-corrected chi connectivity index (χ0v) is 14.6. The van der Waals surface area contributed by atoms with E-state index in [-0.39, 0.29) is 17.7 Å². The first-order valence-electron chi connectivity index (χ1n) is 7.94. The van der Waals surface area contributed by atoms with Crippen LogP contribution in [0.1, 0.15) is 36.0 Å². The Balaban J connectivity index is 2.07. The molecule has 0 radical (unpaired) electrons. The Labute approximate surface area is 153 Å². The minimum atomic E-state index is -1.18. The smallest absolute Gasteiger partial charge is 0.337 e. The summed E-state index contributed by atoms with van der Waals surface area (Å²) >= 11 is 1.38. The first-order valence-corrected chi connectivity index (χ1v) is 8.92. The summed E-state index contributed by atoms with van der Waals surface area (Å²) in [5, 5.41) is 18.8. The number of carbonyl (C=O) groups is 4. The summed E-state index contributed by atoms with van der Waals surface area (Å²) < 4.78 is 0. The maximum atomic E-state index is 11.7. The van der Waals surface area contributed by atoms with Crippen molar-refractivity contribution in [2.45, 2.75) is 30.6 Å². The van der Waals surface area contributed by atoms with Gasteiger partial charge in [0, 0.05) is 23.5 Å². The molecule has 2 rings (SSSR count). The van der Waals surface area contributed by atoms with E-state index < -0.39 is 23.8 Å². The number of unbranched alkanes of at least 4 members (excludes halogenated alkanes) is 2. The number of nitrogens with zero attached hydrogens (tertiary/aromatic N) is 1. The van der Waals surface area contributed by atoms with Crippen LogP contribution in [0.15, 0.2) is 35.2 Å². The fourth-order valence-corrected chi connectivity index (χ4v) is 3.35. The topological polar surface area (TPSA) is 124 Å². The fourth-order valence-electron chi connectivity index (χ4n) is 2.30. The van der Waals surface area contributed by atoms with Crippen molar-refractivity contribution in [3.8, 4) is 0 Å². The van der Waals surface area contributed by atoms with Crippen molar-refractivity contribution >= 4 is 41.2 Å². The molecular weight excluding hydrogens is 360 g/mol. The average Bonchev–Trinajstić information content (AvgIpc) is 2.90. The van der Waals surface area contributed by atoms with Crippen LogP contribution in [0.4, 0.5) is 5.69 Å². The van der Waals surface area contributed by atoms with Crippen LogP contribution in [0.3, 0.4) is 0 Å². The molecule has 0 fully saturated rings. The van der Waals surface area contributed by atoms with Crippen molar-refractivity contribution in [2.24, 2.45) is 0 Å². The number of carbonyl (C=O) groups excluding carboxylic acids is 2. The second kappa shape index (κ2) is 9.04. The number of carboxylic acids is 2. The van der Waals surface area contributed by atoms with Gasteiger partial charge in [-0.2, -0.15) is 5.01 Å². The largest absolute Gasteiger partial charge is 0.481 e. The van der Waals surface area contributed by atoms with E-state index in [1.165, 1.54) is 17.8 Å². The van der Waals surface area contributed by atoms with Crippen LogP contribution < -0.4 is 5.43 Å². The van der Waals surface area contributed by atoms with E-state index >= 15 is 0 Å². The van der Waals surface area contributed by atoms with Crippen molar-refractivity contribution in [1.82, 2.24) is 5.01 Å². The number of thioether (sulfide) groups is 1. The number of carboxylic acid groups (broad SMARTS) is 2. The molecule has 0 spiro atoms. The third kappa shape index (κ3) is 5.09. The molecule has 1 aromatic rings. The first-order chi connectivity index (χ1) is 12.4. The van der Waals surface area contributed by atoms with Crippen LogP contribution in [0.5, 0.6) is 0 Å². The highest BCUT2D eigenvalue weighted by Gasteiger charge is 2.26. The normalized spacial score (nSPS) is 13.3. The highest BCUT2D eigenvalue weighted by molar-refractivity contribution is 7.99.